The summed E-state index contributed by atoms with van der Waals surface area (Å²) in [7, 11) is 0. The fourth-order valence-corrected chi connectivity index (χ4v) is 2.63. The van der Waals surface area contributed by atoms with Gasteiger partial charge in [0.2, 0.25) is 0 Å². The average Bonchev–Trinajstić information content (AvgIpc) is 2.28. The van der Waals surface area contributed by atoms with Gasteiger partial charge in [-0.3, -0.25) is 0 Å². The predicted octanol–water partition coefficient (Wildman–Crippen LogP) is 3.08. The number of hydrogen-bond donors (Lipinski definition) is 1. The molecule has 1 aliphatic rings. The SMILES string of the molecule is CC1CCCN(c2c(F)cccc2C(C)N)C1. The monoisotopic (exact) mass is 236 g/mol. The second-order valence-corrected chi connectivity index (χ2v) is 5.16. The third-order valence-corrected chi connectivity index (χ3v) is 3.48. The molecule has 1 aliphatic heterocycles. The van der Waals surface area contributed by atoms with E-state index in [0.717, 1.165) is 25.1 Å². The highest BCUT2D eigenvalue weighted by atomic mass is 19.1. The van der Waals surface area contributed by atoms with Crippen molar-refractivity contribution in [2.24, 2.45) is 11.7 Å². The predicted molar refractivity (Wildman–Crippen MR) is 69.6 cm³/mol. The third-order valence-electron chi connectivity index (χ3n) is 3.48. The standard InChI is InChI=1S/C14H21FN2/c1-10-5-4-8-17(9-10)14-12(11(2)16)6-3-7-13(14)15/h3,6-7,10-11H,4-5,8-9,16H2,1-2H3. The van der Waals surface area contributed by atoms with E-state index in [2.05, 4.69) is 11.8 Å². The van der Waals surface area contributed by atoms with Crippen molar-refractivity contribution in [3.05, 3.63) is 29.6 Å². The Morgan fingerprint density at radius 1 is 1.47 bits per heavy atom. The van der Waals surface area contributed by atoms with E-state index in [1.807, 2.05) is 13.0 Å². The van der Waals surface area contributed by atoms with E-state index in [1.54, 1.807) is 6.07 Å². The fourth-order valence-electron chi connectivity index (χ4n) is 2.63. The van der Waals surface area contributed by atoms with E-state index in [-0.39, 0.29) is 11.9 Å². The second-order valence-electron chi connectivity index (χ2n) is 5.16. The molecule has 17 heavy (non-hydrogen) atoms. The summed E-state index contributed by atoms with van der Waals surface area (Å²) in [5.41, 5.74) is 7.56. The molecule has 2 nitrogen and oxygen atoms in total. The van der Waals surface area contributed by atoms with E-state index >= 15 is 0 Å². The lowest BCUT2D eigenvalue weighted by molar-refractivity contribution is 0.440. The molecular weight excluding hydrogens is 215 g/mol. The Labute approximate surface area is 103 Å². The van der Waals surface area contributed by atoms with Crippen molar-refractivity contribution in [2.45, 2.75) is 32.7 Å². The van der Waals surface area contributed by atoms with Crippen LogP contribution >= 0.6 is 0 Å². The first kappa shape index (κ1) is 12.4. The van der Waals surface area contributed by atoms with Crippen molar-refractivity contribution in [3.63, 3.8) is 0 Å². The highest BCUT2D eigenvalue weighted by Crippen LogP contribution is 2.31. The number of halogens is 1. The number of piperidine rings is 1. The van der Waals surface area contributed by atoms with Gasteiger partial charge in [0.05, 0.1) is 5.69 Å². The van der Waals surface area contributed by atoms with Crippen LogP contribution < -0.4 is 10.6 Å². The van der Waals surface area contributed by atoms with Crippen LogP contribution in [0.5, 0.6) is 0 Å². The number of para-hydroxylation sites is 1. The van der Waals surface area contributed by atoms with Crippen LogP contribution in [-0.4, -0.2) is 13.1 Å². The van der Waals surface area contributed by atoms with Gasteiger partial charge in [0.25, 0.3) is 0 Å². The van der Waals surface area contributed by atoms with E-state index < -0.39 is 0 Å². The van der Waals surface area contributed by atoms with Crippen molar-refractivity contribution in [2.75, 3.05) is 18.0 Å². The van der Waals surface area contributed by atoms with Gasteiger partial charge in [0.1, 0.15) is 5.82 Å². The molecule has 0 bridgehead atoms. The summed E-state index contributed by atoms with van der Waals surface area (Å²) in [4.78, 5) is 2.15. The van der Waals surface area contributed by atoms with Crippen molar-refractivity contribution in [3.8, 4) is 0 Å². The molecule has 2 N–H and O–H groups in total. The van der Waals surface area contributed by atoms with Crippen LogP contribution in [0.3, 0.4) is 0 Å². The van der Waals surface area contributed by atoms with Crippen LogP contribution in [0, 0.1) is 11.7 Å². The molecule has 2 rings (SSSR count). The van der Waals surface area contributed by atoms with Crippen LogP contribution in [0.15, 0.2) is 18.2 Å². The Balaban J connectivity index is 2.35. The van der Waals surface area contributed by atoms with E-state index in [1.165, 1.54) is 12.5 Å². The maximum atomic E-state index is 14.0. The summed E-state index contributed by atoms with van der Waals surface area (Å²) in [6.07, 6.45) is 2.37. The average molecular weight is 236 g/mol. The largest absolute Gasteiger partial charge is 0.369 e. The molecule has 2 unspecified atom stereocenters. The number of hydrogen-bond acceptors (Lipinski definition) is 2. The van der Waals surface area contributed by atoms with Gasteiger partial charge in [-0.1, -0.05) is 19.1 Å². The van der Waals surface area contributed by atoms with Crippen LogP contribution in [0.2, 0.25) is 0 Å². The maximum Gasteiger partial charge on any atom is 0.146 e. The first-order valence-electron chi connectivity index (χ1n) is 6.38. The van der Waals surface area contributed by atoms with Gasteiger partial charge in [-0.25, -0.2) is 4.39 Å². The normalized spacial score (nSPS) is 22.6. The third kappa shape index (κ3) is 2.60. The summed E-state index contributed by atoms with van der Waals surface area (Å²) < 4.78 is 14.0. The molecular formula is C14H21FN2. The summed E-state index contributed by atoms with van der Waals surface area (Å²) in [6.45, 7) is 6.00. The van der Waals surface area contributed by atoms with E-state index in [0.29, 0.717) is 11.6 Å². The molecule has 1 saturated heterocycles. The quantitative estimate of drug-likeness (QED) is 0.855. The number of anilines is 1. The Kier molecular flexibility index (Phi) is 3.67. The van der Waals surface area contributed by atoms with Crippen LogP contribution in [-0.2, 0) is 0 Å². The molecule has 1 fully saturated rings. The van der Waals surface area contributed by atoms with Gasteiger partial charge in [-0.2, -0.15) is 0 Å². The molecule has 0 amide bonds. The maximum absolute atomic E-state index is 14.0. The Bertz CT molecular complexity index is 390. The lowest BCUT2D eigenvalue weighted by Gasteiger charge is -2.34. The smallest absolute Gasteiger partial charge is 0.146 e. The van der Waals surface area contributed by atoms with Crippen molar-refractivity contribution in [1.29, 1.82) is 0 Å². The Morgan fingerprint density at radius 3 is 2.88 bits per heavy atom. The molecule has 0 aliphatic carbocycles. The zero-order chi connectivity index (χ0) is 12.4. The molecule has 1 aromatic carbocycles. The molecule has 1 aromatic rings. The minimum Gasteiger partial charge on any atom is -0.369 e. The topological polar surface area (TPSA) is 29.3 Å². The number of benzene rings is 1. The minimum atomic E-state index is -0.145. The van der Waals surface area contributed by atoms with Gasteiger partial charge in [0.15, 0.2) is 0 Å². The fraction of sp³-hybridized carbons (Fsp3) is 0.571. The molecule has 94 valence electrons. The molecule has 2 atom stereocenters. The summed E-state index contributed by atoms with van der Waals surface area (Å²) >= 11 is 0. The Morgan fingerprint density at radius 2 is 2.24 bits per heavy atom. The molecule has 0 spiro atoms. The van der Waals surface area contributed by atoms with Gasteiger partial charge >= 0.3 is 0 Å². The highest BCUT2D eigenvalue weighted by molar-refractivity contribution is 5.56. The molecule has 0 radical (unpaired) electrons. The summed E-state index contributed by atoms with van der Waals surface area (Å²) in [5, 5.41) is 0. The van der Waals surface area contributed by atoms with Crippen LogP contribution in [0.1, 0.15) is 38.3 Å². The molecule has 1 heterocycles. The zero-order valence-corrected chi connectivity index (χ0v) is 10.6. The first-order valence-corrected chi connectivity index (χ1v) is 6.38. The van der Waals surface area contributed by atoms with Crippen molar-refractivity contribution in [1.82, 2.24) is 0 Å². The zero-order valence-electron chi connectivity index (χ0n) is 10.6. The summed E-state index contributed by atoms with van der Waals surface area (Å²) in [5.74, 6) is 0.484. The van der Waals surface area contributed by atoms with Crippen molar-refractivity contribution < 1.29 is 4.39 Å². The molecule has 3 heteroatoms. The molecule has 0 aromatic heterocycles. The minimum absolute atomic E-state index is 0.127. The van der Waals surface area contributed by atoms with Gasteiger partial charge in [-0.05, 0) is 37.3 Å². The van der Waals surface area contributed by atoms with Crippen LogP contribution in [0.4, 0.5) is 10.1 Å². The van der Waals surface area contributed by atoms with Crippen molar-refractivity contribution >= 4 is 5.69 Å². The molecule has 0 saturated carbocycles. The van der Waals surface area contributed by atoms with Gasteiger partial charge in [-0.15, -0.1) is 0 Å². The summed E-state index contributed by atoms with van der Waals surface area (Å²) in [6, 6.07) is 5.08. The van der Waals surface area contributed by atoms with E-state index in [9.17, 15) is 4.39 Å². The lowest BCUT2D eigenvalue weighted by Crippen LogP contribution is -2.36. The van der Waals surface area contributed by atoms with Crippen LogP contribution in [0.25, 0.3) is 0 Å². The lowest BCUT2D eigenvalue weighted by atomic mass is 9.97. The number of nitrogens with zero attached hydrogens (tertiary/aromatic N) is 1. The Hall–Kier alpha value is -1.09. The number of rotatable bonds is 2. The second kappa shape index (κ2) is 5.05. The van der Waals surface area contributed by atoms with Gasteiger partial charge in [0, 0.05) is 19.1 Å². The van der Waals surface area contributed by atoms with E-state index in [4.69, 9.17) is 5.73 Å². The number of nitrogens with two attached hydrogens (primary N) is 1. The first-order chi connectivity index (χ1) is 8.09. The highest BCUT2D eigenvalue weighted by Gasteiger charge is 2.22. The van der Waals surface area contributed by atoms with Gasteiger partial charge < -0.3 is 10.6 Å².